The Bertz CT molecular complexity index is 921. The van der Waals surface area contributed by atoms with E-state index in [1.54, 1.807) is 12.1 Å². The summed E-state index contributed by atoms with van der Waals surface area (Å²) in [5, 5.41) is 3.56. The van der Waals surface area contributed by atoms with Crippen LogP contribution in [0.4, 0.5) is 13.2 Å². The van der Waals surface area contributed by atoms with Crippen molar-refractivity contribution in [1.29, 1.82) is 0 Å². The van der Waals surface area contributed by atoms with Gasteiger partial charge in [0.05, 0.1) is 5.92 Å². The summed E-state index contributed by atoms with van der Waals surface area (Å²) in [7, 11) is 0. The first-order valence-corrected chi connectivity index (χ1v) is 10.0. The van der Waals surface area contributed by atoms with Crippen LogP contribution in [0.25, 0.3) is 11.1 Å². The third kappa shape index (κ3) is 3.08. The molecule has 1 aromatic carbocycles. The van der Waals surface area contributed by atoms with E-state index in [9.17, 15) is 18.0 Å². The van der Waals surface area contributed by atoms with Gasteiger partial charge in [-0.2, -0.15) is 13.2 Å². The van der Waals surface area contributed by atoms with Crippen molar-refractivity contribution < 1.29 is 22.4 Å². The number of hydrogen-bond acceptors (Lipinski definition) is 3. The molecule has 0 radical (unpaired) electrons. The molecule has 1 spiro atoms. The van der Waals surface area contributed by atoms with Crippen LogP contribution in [0.2, 0.25) is 5.02 Å². The fourth-order valence-electron chi connectivity index (χ4n) is 5.09. The van der Waals surface area contributed by atoms with Gasteiger partial charge in [0.1, 0.15) is 5.52 Å². The highest BCUT2D eigenvalue weighted by molar-refractivity contribution is 6.31. The summed E-state index contributed by atoms with van der Waals surface area (Å²) in [5.74, 6) is -0.990. The summed E-state index contributed by atoms with van der Waals surface area (Å²) in [6.45, 7) is 0. The number of fused-ring (bicyclic) bond motifs is 1. The molecule has 3 fully saturated rings. The van der Waals surface area contributed by atoms with Crippen molar-refractivity contribution in [3.63, 3.8) is 0 Å². The molecule has 150 valence electrons. The van der Waals surface area contributed by atoms with Gasteiger partial charge in [-0.05, 0) is 62.1 Å². The van der Waals surface area contributed by atoms with Crippen LogP contribution in [0.15, 0.2) is 22.6 Å². The molecular formula is C20H20ClF3N2O2. The van der Waals surface area contributed by atoms with Gasteiger partial charge in [0.2, 0.25) is 5.91 Å². The summed E-state index contributed by atoms with van der Waals surface area (Å²) in [5.41, 5.74) is 1.71. The number of benzene rings is 1. The van der Waals surface area contributed by atoms with E-state index in [1.165, 1.54) is 0 Å². The van der Waals surface area contributed by atoms with E-state index < -0.39 is 18.0 Å². The Labute approximate surface area is 164 Å². The molecule has 3 aliphatic carbocycles. The highest BCUT2D eigenvalue weighted by Crippen LogP contribution is 2.62. The molecule has 1 heterocycles. The molecule has 0 atom stereocenters. The fraction of sp³-hybridized carbons (Fsp3) is 0.600. The van der Waals surface area contributed by atoms with Crippen molar-refractivity contribution in [1.82, 2.24) is 10.3 Å². The summed E-state index contributed by atoms with van der Waals surface area (Å²) in [6, 6.07) is 5.47. The lowest BCUT2D eigenvalue weighted by Gasteiger charge is -2.57. The van der Waals surface area contributed by atoms with Crippen molar-refractivity contribution in [2.45, 2.75) is 56.7 Å². The zero-order valence-electron chi connectivity index (χ0n) is 15.1. The van der Waals surface area contributed by atoms with Crippen LogP contribution < -0.4 is 5.32 Å². The second-order valence-corrected chi connectivity index (χ2v) is 9.23. The SMILES string of the molecule is O=C(NC1CC2(C1)CC(c1nc3cc(Cl)ccc3o1)C2)C1CC(C(F)(F)F)C1. The summed E-state index contributed by atoms with van der Waals surface area (Å²) < 4.78 is 43.5. The van der Waals surface area contributed by atoms with Crippen molar-refractivity contribution >= 4 is 28.6 Å². The second-order valence-electron chi connectivity index (χ2n) is 8.79. The molecule has 4 nitrogen and oxygen atoms in total. The van der Waals surface area contributed by atoms with E-state index in [0.29, 0.717) is 5.02 Å². The number of oxazole rings is 1. The molecule has 8 heteroatoms. The van der Waals surface area contributed by atoms with Crippen molar-refractivity contribution in [2.75, 3.05) is 0 Å². The number of aromatic nitrogens is 1. The Kier molecular flexibility index (Phi) is 3.99. The van der Waals surface area contributed by atoms with E-state index in [4.69, 9.17) is 16.0 Å². The van der Waals surface area contributed by atoms with Crippen LogP contribution in [0.3, 0.4) is 0 Å². The fourth-order valence-corrected chi connectivity index (χ4v) is 5.26. The molecule has 1 N–H and O–H groups in total. The number of alkyl halides is 3. The highest BCUT2D eigenvalue weighted by atomic mass is 35.5. The van der Waals surface area contributed by atoms with Gasteiger partial charge < -0.3 is 9.73 Å². The predicted octanol–water partition coefficient (Wildman–Crippen LogP) is 5.21. The molecule has 0 aliphatic heterocycles. The summed E-state index contributed by atoms with van der Waals surface area (Å²) >= 11 is 5.99. The van der Waals surface area contributed by atoms with Gasteiger partial charge in [0.25, 0.3) is 0 Å². The zero-order chi connectivity index (χ0) is 19.7. The number of nitrogens with one attached hydrogen (secondary N) is 1. The molecule has 3 aliphatic rings. The van der Waals surface area contributed by atoms with Crippen LogP contribution in [-0.4, -0.2) is 23.1 Å². The molecule has 28 heavy (non-hydrogen) atoms. The van der Waals surface area contributed by atoms with Gasteiger partial charge in [-0.3, -0.25) is 4.79 Å². The smallest absolute Gasteiger partial charge is 0.391 e. The largest absolute Gasteiger partial charge is 0.440 e. The molecule has 2 aromatic rings. The third-order valence-electron chi connectivity index (χ3n) is 6.75. The molecule has 0 unspecified atom stereocenters. The van der Waals surface area contributed by atoms with Crippen molar-refractivity contribution in [3.8, 4) is 0 Å². The van der Waals surface area contributed by atoms with Crippen molar-refractivity contribution in [2.24, 2.45) is 17.3 Å². The molecular weight excluding hydrogens is 393 g/mol. The molecule has 0 bridgehead atoms. The van der Waals surface area contributed by atoms with E-state index in [-0.39, 0.29) is 36.1 Å². The third-order valence-corrected chi connectivity index (χ3v) is 6.99. The number of rotatable bonds is 3. The van der Waals surface area contributed by atoms with Gasteiger partial charge in [0.15, 0.2) is 11.5 Å². The maximum atomic E-state index is 12.5. The topological polar surface area (TPSA) is 55.1 Å². The van der Waals surface area contributed by atoms with Crippen LogP contribution in [0, 0.1) is 17.3 Å². The van der Waals surface area contributed by atoms with Crippen LogP contribution in [0.5, 0.6) is 0 Å². The second kappa shape index (κ2) is 6.12. The predicted molar refractivity (Wildman–Crippen MR) is 96.9 cm³/mol. The standard InChI is InChI=1S/C20H20ClF3N2O2/c21-13-1-2-16-15(5-13)26-18(28-16)11-6-19(7-11)8-14(9-19)25-17(27)10-3-12(4-10)20(22,23)24/h1-2,5,10-12,14H,3-4,6-9H2,(H,25,27). The Balaban J connectivity index is 1.10. The summed E-state index contributed by atoms with van der Waals surface area (Å²) in [6.07, 6.45) is -0.602. The van der Waals surface area contributed by atoms with Gasteiger partial charge in [-0.15, -0.1) is 0 Å². The maximum absolute atomic E-state index is 12.5. The van der Waals surface area contributed by atoms with Gasteiger partial charge in [-0.1, -0.05) is 11.6 Å². The van der Waals surface area contributed by atoms with Gasteiger partial charge in [0, 0.05) is 22.9 Å². The lowest BCUT2D eigenvalue weighted by atomic mass is 9.50. The first-order chi connectivity index (χ1) is 13.2. The number of nitrogens with zero attached hydrogens (tertiary/aromatic N) is 1. The molecule has 1 amide bonds. The summed E-state index contributed by atoms with van der Waals surface area (Å²) in [4.78, 5) is 16.7. The number of carbonyl (C=O) groups excluding carboxylic acids is 1. The van der Waals surface area contributed by atoms with Crippen molar-refractivity contribution in [3.05, 3.63) is 29.1 Å². The van der Waals surface area contributed by atoms with Crippen LogP contribution in [-0.2, 0) is 4.79 Å². The Morgan fingerprint density at radius 2 is 1.93 bits per heavy atom. The van der Waals surface area contributed by atoms with E-state index in [1.807, 2.05) is 6.07 Å². The first kappa shape index (κ1) is 18.3. The molecule has 0 saturated heterocycles. The Hall–Kier alpha value is -1.76. The Morgan fingerprint density at radius 3 is 2.61 bits per heavy atom. The average molecular weight is 413 g/mol. The van der Waals surface area contributed by atoms with Gasteiger partial charge >= 0.3 is 6.18 Å². The average Bonchev–Trinajstić information content (AvgIpc) is 2.87. The molecule has 1 aromatic heterocycles. The van der Waals surface area contributed by atoms with E-state index in [2.05, 4.69) is 10.3 Å². The van der Waals surface area contributed by atoms with Crippen LogP contribution >= 0.6 is 11.6 Å². The lowest BCUT2D eigenvalue weighted by Crippen LogP contribution is -2.57. The zero-order valence-corrected chi connectivity index (χ0v) is 15.8. The minimum absolute atomic E-state index is 0.0724. The first-order valence-electron chi connectivity index (χ1n) is 9.64. The van der Waals surface area contributed by atoms with E-state index in [0.717, 1.165) is 42.7 Å². The number of hydrogen-bond donors (Lipinski definition) is 1. The van der Waals surface area contributed by atoms with Crippen LogP contribution in [0.1, 0.15) is 50.3 Å². The number of halogens is 4. The Morgan fingerprint density at radius 1 is 1.21 bits per heavy atom. The highest BCUT2D eigenvalue weighted by Gasteiger charge is 2.56. The number of carbonyl (C=O) groups is 1. The normalized spacial score (nSPS) is 34.6. The minimum Gasteiger partial charge on any atom is -0.440 e. The molecule has 5 rings (SSSR count). The quantitative estimate of drug-likeness (QED) is 0.752. The number of amides is 1. The van der Waals surface area contributed by atoms with Gasteiger partial charge in [-0.25, -0.2) is 4.98 Å². The monoisotopic (exact) mass is 412 g/mol. The lowest BCUT2D eigenvalue weighted by molar-refractivity contribution is -0.205. The maximum Gasteiger partial charge on any atom is 0.391 e. The minimum atomic E-state index is -4.17. The molecule has 3 saturated carbocycles. The van der Waals surface area contributed by atoms with E-state index >= 15 is 0 Å².